The van der Waals surface area contributed by atoms with Crippen molar-refractivity contribution in [3.8, 4) is 0 Å². The van der Waals surface area contributed by atoms with Crippen molar-refractivity contribution in [2.75, 3.05) is 0 Å². The lowest BCUT2D eigenvalue weighted by molar-refractivity contribution is 0.0696. The number of rotatable bonds is 4. The molecule has 0 saturated heterocycles. The number of carbonyl (C=O) groups excluding carboxylic acids is 1. The number of aromatic carboxylic acids is 1. The number of nitrogens with one attached hydrogen (secondary N) is 1. The van der Waals surface area contributed by atoms with Gasteiger partial charge in [0.15, 0.2) is 0 Å². The maximum Gasteiger partial charge on any atom is 0.335 e. The summed E-state index contributed by atoms with van der Waals surface area (Å²) in [6, 6.07) is 12.9. The molecule has 20 heavy (non-hydrogen) atoms. The normalized spacial score (nSPS) is 10.1. The first-order chi connectivity index (χ1) is 9.56. The summed E-state index contributed by atoms with van der Waals surface area (Å²) in [6.07, 6.45) is 0. The van der Waals surface area contributed by atoms with Crippen molar-refractivity contribution in [3.05, 3.63) is 70.2 Å². The van der Waals surface area contributed by atoms with E-state index in [0.717, 1.165) is 5.56 Å². The summed E-state index contributed by atoms with van der Waals surface area (Å²) < 4.78 is 0. The predicted octanol–water partition coefficient (Wildman–Crippen LogP) is 2.97. The molecular weight excluding hydrogens is 278 g/mol. The monoisotopic (exact) mass is 289 g/mol. The molecule has 0 bridgehead atoms. The standard InChI is InChI=1S/C15H12ClNO3/c16-13-7-1-10(2-8-13)9-17-14(18)11-3-5-12(6-4-11)15(19)20/h1-8H,9H2,(H,17,18)(H,19,20). The summed E-state index contributed by atoms with van der Waals surface area (Å²) in [4.78, 5) is 22.6. The van der Waals surface area contributed by atoms with Gasteiger partial charge in [-0.05, 0) is 42.0 Å². The number of carbonyl (C=O) groups is 2. The Morgan fingerprint density at radius 3 is 2.05 bits per heavy atom. The molecule has 5 heteroatoms. The minimum atomic E-state index is -1.02. The third kappa shape index (κ3) is 3.59. The van der Waals surface area contributed by atoms with Crippen molar-refractivity contribution < 1.29 is 14.7 Å². The molecule has 0 aliphatic carbocycles. The summed E-state index contributed by atoms with van der Waals surface area (Å²) in [5.41, 5.74) is 1.51. The Morgan fingerprint density at radius 1 is 0.950 bits per heavy atom. The van der Waals surface area contributed by atoms with E-state index in [0.29, 0.717) is 17.1 Å². The van der Waals surface area contributed by atoms with Gasteiger partial charge in [-0.2, -0.15) is 0 Å². The first-order valence-electron chi connectivity index (χ1n) is 5.92. The Morgan fingerprint density at radius 2 is 1.50 bits per heavy atom. The van der Waals surface area contributed by atoms with Crippen LogP contribution in [-0.2, 0) is 6.54 Å². The second kappa shape index (κ2) is 6.21. The summed E-state index contributed by atoms with van der Waals surface area (Å²) in [5.74, 6) is -1.27. The highest BCUT2D eigenvalue weighted by Gasteiger charge is 2.07. The van der Waals surface area contributed by atoms with Crippen LogP contribution >= 0.6 is 11.6 Å². The van der Waals surface area contributed by atoms with Gasteiger partial charge in [0, 0.05) is 17.1 Å². The second-order valence-electron chi connectivity index (χ2n) is 4.19. The lowest BCUT2D eigenvalue weighted by Gasteiger charge is -2.06. The largest absolute Gasteiger partial charge is 0.478 e. The summed E-state index contributed by atoms with van der Waals surface area (Å²) in [5, 5.41) is 12.2. The highest BCUT2D eigenvalue weighted by atomic mass is 35.5. The second-order valence-corrected chi connectivity index (χ2v) is 4.63. The van der Waals surface area contributed by atoms with Crippen LogP contribution in [0.2, 0.25) is 5.02 Å². The zero-order valence-electron chi connectivity index (χ0n) is 10.5. The zero-order valence-corrected chi connectivity index (χ0v) is 11.2. The van der Waals surface area contributed by atoms with Crippen LogP contribution in [0.5, 0.6) is 0 Å². The fraction of sp³-hybridized carbons (Fsp3) is 0.0667. The van der Waals surface area contributed by atoms with Crippen LogP contribution in [0.3, 0.4) is 0 Å². The maximum absolute atomic E-state index is 11.9. The van der Waals surface area contributed by atoms with E-state index in [9.17, 15) is 9.59 Å². The lowest BCUT2D eigenvalue weighted by Crippen LogP contribution is -2.22. The lowest BCUT2D eigenvalue weighted by atomic mass is 10.1. The zero-order chi connectivity index (χ0) is 14.5. The Labute approximate surface area is 121 Å². The molecule has 2 N–H and O–H groups in total. The number of amides is 1. The average molecular weight is 290 g/mol. The quantitative estimate of drug-likeness (QED) is 0.909. The fourth-order valence-corrected chi connectivity index (χ4v) is 1.78. The van der Waals surface area contributed by atoms with Gasteiger partial charge in [-0.25, -0.2) is 4.79 Å². The van der Waals surface area contributed by atoms with E-state index in [-0.39, 0.29) is 11.5 Å². The van der Waals surface area contributed by atoms with Crippen molar-refractivity contribution in [2.24, 2.45) is 0 Å². The Hall–Kier alpha value is -2.33. The predicted molar refractivity (Wildman–Crippen MR) is 76.0 cm³/mol. The molecule has 0 aliphatic heterocycles. The van der Waals surface area contributed by atoms with Gasteiger partial charge in [0.05, 0.1) is 5.56 Å². The van der Waals surface area contributed by atoms with Crippen LogP contribution in [0.15, 0.2) is 48.5 Å². The number of carboxylic acid groups (broad SMARTS) is 1. The van der Waals surface area contributed by atoms with Gasteiger partial charge < -0.3 is 10.4 Å². The van der Waals surface area contributed by atoms with Gasteiger partial charge in [0.1, 0.15) is 0 Å². The van der Waals surface area contributed by atoms with Crippen LogP contribution in [0, 0.1) is 0 Å². The van der Waals surface area contributed by atoms with Crippen LogP contribution in [0.1, 0.15) is 26.3 Å². The average Bonchev–Trinajstić information content (AvgIpc) is 2.46. The number of hydrogen-bond acceptors (Lipinski definition) is 2. The highest BCUT2D eigenvalue weighted by Crippen LogP contribution is 2.10. The number of carboxylic acids is 1. The van der Waals surface area contributed by atoms with E-state index in [1.165, 1.54) is 24.3 Å². The topological polar surface area (TPSA) is 66.4 Å². The van der Waals surface area contributed by atoms with Crippen molar-refractivity contribution in [1.29, 1.82) is 0 Å². The minimum absolute atomic E-state index is 0.152. The summed E-state index contributed by atoms with van der Waals surface area (Å²) in [7, 11) is 0. The van der Waals surface area contributed by atoms with Gasteiger partial charge in [-0.1, -0.05) is 23.7 Å². The van der Waals surface area contributed by atoms with Crippen LogP contribution in [-0.4, -0.2) is 17.0 Å². The molecule has 0 unspecified atom stereocenters. The highest BCUT2D eigenvalue weighted by molar-refractivity contribution is 6.30. The number of hydrogen-bond donors (Lipinski definition) is 2. The van der Waals surface area contributed by atoms with Gasteiger partial charge in [0.2, 0.25) is 0 Å². The molecule has 0 radical (unpaired) electrons. The summed E-state index contributed by atoms with van der Waals surface area (Å²) in [6.45, 7) is 0.386. The fourth-order valence-electron chi connectivity index (χ4n) is 1.65. The van der Waals surface area contributed by atoms with Gasteiger partial charge in [-0.3, -0.25) is 4.79 Å². The molecule has 0 aromatic heterocycles. The molecule has 2 aromatic carbocycles. The van der Waals surface area contributed by atoms with Crippen molar-refractivity contribution in [2.45, 2.75) is 6.54 Å². The third-order valence-electron chi connectivity index (χ3n) is 2.76. The van der Waals surface area contributed by atoms with Crippen molar-refractivity contribution in [3.63, 3.8) is 0 Å². The van der Waals surface area contributed by atoms with Crippen molar-refractivity contribution in [1.82, 2.24) is 5.32 Å². The third-order valence-corrected chi connectivity index (χ3v) is 3.01. The Kier molecular flexibility index (Phi) is 4.38. The van der Waals surface area contributed by atoms with E-state index < -0.39 is 5.97 Å². The molecule has 0 atom stereocenters. The molecule has 2 rings (SSSR count). The van der Waals surface area contributed by atoms with Crippen LogP contribution < -0.4 is 5.32 Å². The SMILES string of the molecule is O=C(O)c1ccc(C(=O)NCc2ccc(Cl)cc2)cc1. The molecule has 0 fully saturated rings. The molecular formula is C15H12ClNO3. The maximum atomic E-state index is 11.9. The van der Waals surface area contributed by atoms with Gasteiger partial charge >= 0.3 is 5.97 Å². The van der Waals surface area contributed by atoms with E-state index >= 15 is 0 Å². The van der Waals surface area contributed by atoms with Gasteiger partial charge in [0.25, 0.3) is 5.91 Å². The molecule has 0 heterocycles. The molecule has 4 nitrogen and oxygen atoms in total. The minimum Gasteiger partial charge on any atom is -0.478 e. The first kappa shape index (κ1) is 14.1. The molecule has 0 aliphatic rings. The first-order valence-corrected chi connectivity index (χ1v) is 6.30. The summed E-state index contributed by atoms with van der Waals surface area (Å²) >= 11 is 5.78. The van der Waals surface area contributed by atoms with E-state index in [2.05, 4.69) is 5.32 Å². The molecule has 0 spiro atoms. The molecule has 0 saturated carbocycles. The number of benzene rings is 2. The van der Waals surface area contributed by atoms with E-state index in [1.807, 2.05) is 12.1 Å². The van der Waals surface area contributed by atoms with E-state index in [1.54, 1.807) is 12.1 Å². The van der Waals surface area contributed by atoms with Crippen LogP contribution in [0.25, 0.3) is 0 Å². The number of halogens is 1. The van der Waals surface area contributed by atoms with Crippen LogP contribution in [0.4, 0.5) is 0 Å². The molecule has 102 valence electrons. The van der Waals surface area contributed by atoms with E-state index in [4.69, 9.17) is 16.7 Å². The Bertz CT molecular complexity index is 621. The Balaban J connectivity index is 1.97. The van der Waals surface area contributed by atoms with Crippen molar-refractivity contribution >= 4 is 23.5 Å². The molecule has 2 aromatic rings. The molecule has 1 amide bonds. The smallest absolute Gasteiger partial charge is 0.335 e. The van der Waals surface area contributed by atoms with Gasteiger partial charge in [-0.15, -0.1) is 0 Å².